The van der Waals surface area contributed by atoms with Crippen LogP contribution in [0.4, 0.5) is 24.8 Å². The molecule has 1 saturated heterocycles. The van der Waals surface area contributed by atoms with Gasteiger partial charge in [-0.2, -0.15) is 28.5 Å². The highest BCUT2D eigenvalue weighted by Gasteiger charge is 2.47. The number of hydrogen-bond donors (Lipinski definition) is 3. The number of aromatic nitrogens is 5. The van der Waals surface area contributed by atoms with Gasteiger partial charge in [0.1, 0.15) is 5.54 Å². The zero-order valence-corrected chi connectivity index (χ0v) is 16.1. The van der Waals surface area contributed by atoms with Gasteiger partial charge in [0.2, 0.25) is 5.95 Å². The van der Waals surface area contributed by atoms with Crippen LogP contribution in [0.1, 0.15) is 12.0 Å². The van der Waals surface area contributed by atoms with E-state index in [1.54, 1.807) is 16.9 Å². The molecule has 160 valence electrons. The highest BCUT2D eigenvalue weighted by molar-refractivity contribution is 5.71. The number of nitrogens with zero attached hydrogens (tertiary/aromatic N) is 7. The van der Waals surface area contributed by atoms with Gasteiger partial charge in [0.05, 0.1) is 42.2 Å². The number of hydrazine groups is 1. The number of halogens is 3. The van der Waals surface area contributed by atoms with E-state index in [0.29, 0.717) is 31.2 Å². The fourth-order valence-corrected chi connectivity index (χ4v) is 3.80. The van der Waals surface area contributed by atoms with Crippen LogP contribution in [0.15, 0.2) is 42.6 Å². The summed E-state index contributed by atoms with van der Waals surface area (Å²) in [5.41, 5.74) is 6.41. The van der Waals surface area contributed by atoms with Crippen LogP contribution in [0, 0.1) is 11.3 Å². The molecule has 5 rings (SSSR count). The number of nitrogens with one attached hydrogen (secondary N) is 3. The van der Waals surface area contributed by atoms with Crippen LogP contribution in [-0.2, 0) is 11.7 Å². The smallest absolute Gasteiger partial charge is 0.363 e. The molecule has 0 atom stereocenters. The molecule has 0 unspecified atom stereocenters. The monoisotopic (exact) mass is 430 g/mol. The van der Waals surface area contributed by atoms with E-state index in [1.165, 1.54) is 4.68 Å². The molecule has 1 fully saturated rings. The molecule has 13 heteroatoms. The predicted octanol–water partition coefficient (Wildman–Crippen LogP) is 1.43. The maximum absolute atomic E-state index is 13.0. The van der Waals surface area contributed by atoms with E-state index in [9.17, 15) is 18.4 Å². The molecule has 0 amide bonds. The summed E-state index contributed by atoms with van der Waals surface area (Å²) in [5.74, 6) is 0.426. The van der Waals surface area contributed by atoms with Crippen LogP contribution < -0.4 is 21.1 Å². The highest BCUT2D eigenvalue weighted by Crippen LogP contribution is 2.38. The largest absolute Gasteiger partial charge is 0.419 e. The molecular weight excluding hydrogens is 413 g/mol. The fraction of sp³-hybridized carbons (Fsp3) is 0.333. The molecule has 3 aromatic rings. The Bertz CT molecular complexity index is 1200. The van der Waals surface area contributed by atoms with Crippen molar-refractivity contribution in [2.75, 3.05) is 29.9 Å². The molecule has 3 N–H and O–H groups in total. The van der Waals surface area contributed by atoms with Gasteiger partial charge in [-0.05, 0) is 12.1 Å². The second-order valence-corrected chi connectivity index (χ2v) is 7.48. The summed E-state index contributed by atoms with van der Waals surface area (Å²) in [5, 5.41) is 20.7. The normalized spacial score (nSPS) is 17.7. The molecule has 0 spiro atoms. The predicted molar refractivity (Wildman–Crippen MR) is 103 cm³/mol. The van der Waals surface area contributed by atoms with E-state index in [1.807, 2.05) is 17.0 Å². The van der Waals surface area contributed by atoms with Crippen molar-refractivity contribution < 1.29 is 13.2 Å². The lowest BCUT2D eigenvalue weighted by Gasteiger charge is -2.50. The molecule has 10 nitrogen and oxygen atoms in total. The van der Waals surface area contributed by atoms with Crippen molar-refractivity contribution in [3.63, 3.8) is 0 Å². The van der Waals surface area contributed by atoms with Gasteiger partial charge in [-0.25, -0.2) is 9.94 Å². The first-order chi connectivity index (χ1) is 14.9. The van der Waals surface area contributed by atoms with Crippen LogP contribution in [0.5, 0.6) is 0 Å². The lowest BCUT2D eigenvalue weighted by molar-refractivity contribution is -0.137. The number of anilines is 2. The van der Waals surface area contributed by atoms with Crippen molar-refractivity contribution in [1.29, 1.82) is 5.26 Å². The van der Waals surface area contributed by atoms with Gasteiger partial charge in [0.15, 0.2) is 5.65 Å². The van der Waals surface area contributed by atoms with Gasteiger partial charge in [0.25, 0.3) is 0 Å². The number of rotatable bonds is 5. The first kappa shape index (κ1) is 19.2. The third-order valence-electron chi connectivity index (χ3n) is 5.36. The average molecular weight is 430 g/mol. The molecule has 3 aromatic heterocycles. The van der Waals surface area contributed by atoms with Gasteiger partial charge >= 0.3 is 6.18 Å². The first-order valence-corrected chi connectivity index (χ1v) is 9.42. The molecule has 0 radical (unpaired) electrons. The Kier molecular flexibility index (Phi) is 4.26. The molecule has 2 aliphatic rings. The second-order valence-electron chi connectivity index (χ2n) is 7.48. The number of hydrogen-bond acceptors (Lipinski definition) is 8. The van der Waals surface area contributed by atoms with Gasteiger partial charge in [0, 0.05) is 31.7 Å². The minimum absolute atomic E-state index is 0.0409. The van der Waals surface area contributed by atoms with Gasteiger partial charge < -0.3 is 15.6 Å². The van der Waals surface area contributed by atoms with E-state index < -0.39 is 17.3 Å². The summed E-state index contributed by atoms with van der Waals surface area (Å²) >= 11 is 0. The maximum Gasteiger partial charge on any atom is 0.419 e. The minimum atomic E-state index is -4.48. The third kappa shape index (κ3) is 3.30. The van der Waals surface area contributed by atoms with E-state index in [2.05, 4.69) is 37.4 Å². The lowest BCUT2D eigenvalue weighted by atomic mass is 9.86. The fourth-order valence-electron chi connectivity index (χ4n) is 3.80. The van der Waals surface area contributed by atoms with Crippen LogP contribution in [0.3, 0.4) is 0 Å². The molecule has 0 aliphatic carbocycles. The van der Waals surface area contributed by atoms with E-state index >= 15 is 0 Å². The van der Waals surface area contributed by atoms with E-state index in [0.717, 1.165) is 23.8 Å². The summed E-state index contributed by atoms with van der Waals surface area (Å²) in [6.07, 6.45) is 0.858. The average Bonchev–Trinajstić information content (AvgIpc) is 3.43. The topological polar surface area (TPSA) is 111 Å². The number of alkyl halides is 3. The quantitative estimate of drug-likeness (QED) is 0.558. The van der Waals surface area contributed by atoms with Crippen molar-refractivity contribution >= 4 is 17.3 Å². The Balaban J connectivity index is 1.41. The van der Waals surface area contributed by atoms with Crippen LogP contribution in [0.2, 0.25) is 0 Å². The third-order valence-corrected chi connectivity index (χ3v) is 5.36. The SMILES string of the molecule is N#CCC1(n2cc(C(F)(F)F)cn2)CN(c2cccn3nc(NC4=CNNC4)nc23)C1. The number of pyridine rings is 1. The first-order valence-electron chi connectivity index (χ1n) is 9.42. The Labute approximate surface area is 173 Å². The maximum atomic E-state index is 13.0. The van der Waals surface area contributed by atoms with Crippen molar-refractivity contribution in [1.82, 2.24) is 35.2 Å². The number of nitriles is 1. The van der Waals surface area contributed by atoms with Crippen molar-refractivity contribution in [3.05, 3.63) is 48.2 Å². The van der Waals surface area contributed by atoms with Crippen LogP contribution in [0.25, 0.3) is 5.65 Å². The van der Waals surface area contributed by atoms with E-state index in [4.69, 9.17) is 0 Å². The Morgan fingerprint density at radius 2 is 2.16 bits per heavy atom. The Morgan fingerprint density at radius 3 is 2.84 bits per heavy atom. The zero-order chi connectivity index (χ0) is 21.6. The molecule has 0 saturated carbocycles. The van der Waals surface area contributed by atoms with Gasteiger partial charge in [-0.1, -0.05) is 0 Å². The van der Waals surface area contributed by atoms with Crippen molar-refractivity contribution in [2.45, 2.75) is 18.1 Å². The standard InChI is InChI=1S/C18H17F3N10/c19-18(20,21)12-6-25-31(9-12)17(3-4-22)10-29(11-17)14-2-1-5-30-15(14)27-16(28-30)26-13-7-23-24-8-13/h1-2,5-7,9,23-24H,3,8,10-11H2,(H,26,28). The summed E-state index contributed by atoms with van der Waals surface area (Å²) in [6, 6.07) is 5.77. The number of fused-ring (bicyclic) bond motifs is 1. The molecular formula is C18H17F3N10. The lowest BCUT2D eigenvalue weighted by Crippen LogP contribution is -2.63. The summed E-state index contributed by atoms with van der Waals surface area (Å²) in [6.45, 7) is 1.26. The van der Waals surface area contributed by atoms with Gasteiger partial charge in [-0.3, -0.25) is 4.68 Å². The molecule has 5 heterocycles. The van der Waals surface area contributed by atoms with Crippen molar-refractivity contribution in [2.24, 2.45) is 0 Å². The Hall–Kier alpha value is -3.79. The molecule has 0 bridgehead atoms. The zero-order valence-electron chi connectivity index (χ0n) is 16.1. The second kappa shape index (κ2) is 6.88. The molecule has 0 aromatic carbocycles. The summed E-state index contributed by atoms with van der Waals surface area (Å²) < 4.78 is 41.9. The molecule has 31 heavy (non-hydrogen) atoms. The minimum Gasteiger partial charge on any atom is -0.363 e. The van der Waals surface area contributed by atoms with E-state index in [-0.39, 0.29) is 6.42 Å². The summed E-state index contributed by atoms with van der Waals surface area (Å²) in [7, 11) is 0. The Morgan fingerprint density at radius 1 is 1.32 bits per heavy atom. The summed E-state index contributed by atoms with van der Waals surface area (Å²) in [4.78, 5) is 6.50. The molecule has 2 aliphatic heterocycles. The van der Waals surface area contributed by atoms with Crippen LogP contribution in [-0.4, -0.2) is 44.0 Å². The van der Waals surface area contributed by atoms with Gasteiger partial charge in [-0.15, -0.1) is 5.10 Å². The van der Waals surface area contributed by atoms with Crippen molar-refractivity contribution in [3.8, 4) is 6.07 Å². The van der Waals surface area contributed by atoms with Crippen LogP contribution >= 0.6 is 0 Å². The highest BCUT2D eigenvalue weighted by atomic mass is 19.4.